The van der Waals surface area contributed by atoms with Crippen molar-refractivity contribution in [3.05, 3.63) is 48.6 Å². The van der Waals surface area contributed by atoms with E-state index in [1.165, 1.54) is 250 Å². The van der Waals surface area contributed by atoms with Crippen molar-refractivity contribution in [2.75, 3.05) is 13.2 Å². The fourth-order valence-corrected chi connectivity index (χ4v) is 10.00. The molecule has 6 nitrogen and oxygen atoms in total. The van der Waals surface area contributed by atoms with E-state index in [1.807, 2.05) is 6.08 Å². The number of aliphatic hydroxyl groups excluding tert-OH is 2. The fraction of sp³-hybridized carbons (Fsp3) is 0.853. The topological polar surface area (TPSA) is 95.9 Å². The van der Waals surface area contributed by atoms with Crippen LogP contribution >= 0.6 is 0 Å². The van der Waals surface area contributed by atoms with Crippen LogP contribution in [0.3, 0.4) is 0 Å². The van der Waals surface area contributed by atoms with E-state index in [9.17, 15) is 19.8 Å². The number of allylic oxidation sites excluding steroid dienone is 7. The van der Waals surface area contributed by atoms with Crippen LogP contribution in [-0.4, -0.2) is 47.4 Å². The molecule has 0 radical (unpaired) electrons. The Morgan fingerprint density at radius 1 is 0.378 bits per heavy atom. The first-order valence-corrected chi connectivity index (χ1v) is 32.9. The van der Waals surface area contributed by atoms with Crippen molar-refractivity contribution >= 4 is 11.9 Å². The molecular weight excluding hydrogens is 911 g/mol. The standard InChI is InChI=1S/C68H127NO5/c1-3-5-7-9-11-13-15-17-19-20-21-22-23-24-25-26-27-30-33-36-40-44-48-52-56-60-66(71)65(64-70)69-67(72)61-57-53-49-45-41-37-34-31-28-29-32-35-39-43-47-51-55-59-63-74-68(73)62-58-54-50-46-42-38-18-16-14-12-10-8-6-4-2/h10,12,16,18,31,34,56,60,65-66,70-71H,3-9,11,13-15,17,19-30,32-33,35-55,57-59,61-64H2,1-2H3,(H,69,72)/b12-10-,18-16-,34-31-,60-56+. The number of nitrogens with one attached hydrogen (secondary N) is 1. The Labute approximate surface area is 461 Å². The van der Waals surface area contributed by atoms with E-state index >= 15 is 0 Å². The molecule has 0 saturated carbocycles. The quantitative estimate of drug-likeness (QED) is 0.0320. The minimum Gasteiger partial charge on any atom is -0.466 e. The minimum atomic E-state index is -0.856. The van der Waals surface area contributed by atoms with E-state index < -0.39 is 12.1 Å². The predicted molar refractivity (Wildman–Crippen MR) is 324 cm³/mol. The molecule has 0 aromatic carbocycles. The molecule has 74 heavy (non-hydrogen) atoms. The molecule has 0 heterocycles. The Morgan fingerprint density at radius 3 is 1.08 bits per heavy atom. The number of unbranched alkanes of at least 4 members (excludes halogenated alkanes) is 44. The zero-order valence-corrected chi connectivity index (χ0v) is 49.6. The van der Waals surface area contributed by atoms with Crippen molar-refractivity contribution < 1.29 is 24.5 Å². The summed E-state index contributed by atoms with van der Waals surface area (Å²) >= 11 is 0. The van der Waals surface area contributed by atoms with Crippen LogP contribution in [0.25, 0.3) is 0 Å². The van der Waals surface area contributed by atoms with Gasteiger partial charge in [-0.2, -0.15) is 0 Å². The SMILES string of the molecule is CCCC/C=C\C/C=C\CCCCCCCC(=O)OCCCCCCCCCCC/C=C\CCCCCCCC(=O)NC(CO)C(O)/C=C/CCCCCCCCCCCCCCCCCCCCCCCCC. The second-order valence-electron chi connectivity index (χ2n) is 22.4. The summed E-state index contributed by atoms with van der Waals surface area (Å²) in [6.07, 6.45) is 81.6. The van der Waals surface area contributed by atoms with Crippen molar-refractivity contribution in [1.82, 2.24) is 5.32 Å². The second kappa shape index (κ2) is 63.4. The Kier molecular flexibility index (Phi) is 61.5. The molecule has 0 saturated heterocycles. The van der Waals surface area contributed by atoms with Gasteiger partial charge in [0.05, 0.1) is 25.4 Å². The minimum absolute atomic E-state index is 0.0124. The van der Waals surface area contributed by atoms with Gasteiger partial charge in [-0.25, -0.2) is 0 Å². The van der Waals surface area contributed by atoms with Crippen LogP contribution in [0.5, 0.6) is 0 Å². The number of ether oxygens (including phenoxy) is 1. The van der Waals surface area contributed by atoms with Crippen molar-refractivity contribution in [2.45, 2.75) is 360 Å². The van der Waals surface area contributed by atoms with Crippen LogP contribution in [0.4, 0.5) is 0 Å². The van der Waals surface area contributed by atoms with E-state index in [4.69, 9.17) is 4.74 Å². The number of hydrogen-bond acceptors (Lipinski definition) is 5. The molecule has 0 aliphatic carbocycles. The maximum atomic E-state index is 12.5. The number of carbonyl (C=O) groups is 2. The molecule has 0 fully saturated rings. The van der Waals surface area contributed by atoms with Gasteiger partial charge < -0.3 is 20.3 Å². The molecule has 0 aromatic rings. The van der Waals surface area contributed by atoms with Crippen LogP contribution in [0.2, 0.25) is 0 Å². The van der Waals surface area contributed by atoms with E-state index in [1.54, 1.807) is 6.08 Å². The van der Waals surface area contributed by atoms with Crippen LogP contribution in [-0.2, 0) is 14.3 Å². The third kappa shape index (κ3) is 59.1. The summed E-state index contributed by atoms with van der Waals surface area (Å²) in [4.78, 5) is 24.6. The monoisotopic (exact) mass is 1040 g/mol. The number of amides is 1. The molecule has 0 aliphatic heterocycles. The van der Waals surface area contributed by atoms with Gasteiger partial charge in [0.1, 0.15) is 0 Å². The van der Waals surface area contributed by atoms with Crippen LogP contribution in [0, 0.1) is 0 Å². The van der Waals surface area contributed by atoms with Gasteiger partial charge in [0.2, 0.25) is 5.91 Å². The van der Waals surface area contributed by atoms with Crippen LogP contribution in [0.15, 0.2) is 48.6 Å². The third-order valence-electron chi connectivity index (χ3n) is 15.1. The fourth-order valence-electron chi connectivity index (χ4n) is 10.00. The summed E-state index contributed by atoms with van der Waals surface area (Å²) < 4.78 is 5.47. The van der Waals surface area contributed by atoms with E-state index in [0.717, 1.165) is 70.6 Å². The first kappa shape index (κ1) is 71.8. The highest BCUT2D eigenvalue weighted by Crippen LogP contribution is 2.17. The van der Waals surface area contributed by atoms with Crippen molar-refractivity contribution in [2.24, 2.45) is 0 Å². The van der Waals surface area contributed by atoms with Gasteiger partial charge in [0.15, 0.2) is 0 Å². The highest BCUT2D eigenvalue weighted by molar-refractivity contribution is 5.76. The maximum Gasteiger partial charge on any atom is 0.305 e. The molecule has 6 heteroatoms. The zero-order valence-electron chi connectivity index (χ0n) is 49.6. The van der Waals surface area contributed by atoms with Gasteiger partial charge in [0.25, 0.3) is 0 Å². The summed E-state index contributed by atoms with van der Waals surface area (Å²) in [6, 6.07) is -0.641. The lowest BCUT2D eigenvalue weighted by Crippen LogP contribution is -2.45. The summed E-state index contributed by atoms with van der Waals surface area (Å²) in [5.74, 6) is -0.0924. The van der Waals surface area contributed by atoms with Crippen LogP contribution in [0.1, 0.15) is 348 Å². The lowest BCUT2D eigenvalue weighted by molar-refractivity contribution is -0.143. The average molecular weight is 1040 g/mol. The molecule has 0 aliphatic rings. The Hall–Kier alpha value is -2.18. The second-order valence-corrected chi connectivity index (χ2v) is 22.4. The largest absolute Gasteiger partial charge is 0.466 e. The van der Waals surface area contributed by atoms with Gasteiger partial charge in [0, 0.05) is 12.8 Å². The summed E-state index contributed by atoms with van der Waals surface area (Å²) in [6.45, 7) is 4.86. The number of esters is 1. The molecule has 0 bridgehead atoms. The summed E-state index contributed by atoms with van der Waals surface area (Å²) in [5, 5.41) is 23.2. The Balaban J connectivity index is 3.49. The number of rotatable bonds is 61. The van der Waals surface area contributed by atoms with E-state index in [0.29, 0.717) is 19.4 Å². The normalized spacial score (nSPS) is 12.9. The number of carbonyl (C=O) groups excluding carboxylic acids is 2. The Morgan fingerprint density at radius 2 is 0.689 bits per heavy atom. The highest BCUT2D eigenvalue weighted by Gasteiger charge is 2.18. The highest BCUT2D eigenvalue weighted by atomic mass is 16.5. The van der Waals surface area contributed by atoms with Crippen molar-refractivity contribution in [3.8, 4) is 0 Å². The molecule has 3 N–H and O–H groups in total. The molecule has 2 atom stereocenters. The molecule has 0 rings (SSSR count). The molecular formula is C68H127NO5. The molecule has 0 aromatic heterocycles. The molecule has 0 spiro atoms. The van der Waals surface area contributed by atoms with E-state index in [2.05, 4.69) is 55.6 Å². The van der Waals surface area contributed by atoms with Gasteiger partial charge in [-0.1, -0.05) is 300 Å². The summed E-state index contributed by atoms with van der Waals surface area (Å²) in [7, 11) is 0. The van der Waals surface area contributed by atoms with E-state index in [-0.39, 0.29) is 18.5 Å². The van der Waals surface area contributed by atoms with Gasteiger partial charge in [-0.05, 0) is 83.5 Å². The first-order chi connectivity index (χ1) is 36.5. The third-order valence-corrected chi connectivity index (χ3v) is 15.1. The van der Waals surface area contributed by atoms with Gasteiger partial charge in [-0.15, -0.1) is 0 Å². The number of hydrogen-bond donors (Lipinski definition) is 3. The van der Waals surface area contributed by atoms with Crippen molar-refractivity contribution in [3.63, 3.8) is 0 Å². The van der Waals surface area contributed by atoms with Gasteiger partial charge in [-0.3, -0.25) is 9.59 Å². The molecule has 2 unspecified atom stereocenters. The van der Waals surface area contributed by atoms with Crippen molar-refractivity contribution in [1.29, 1.82) is 0 Å². The first-order valence-electron chi connectivity index (χ1n) is 32.9. The average Bonchev–Trinajstić information content (AvgIpc) is 3.40. The van der Waals surface area contributed by atoms with Crippen LogP contribution < -0.4 is 5.32 Å². The molecule has 434 valence electrons. The maximum absolute atomic E-state index is 12.5. The smallest absolute Gasteiger partial charge is 0.305 e. The van der Waals surface area contributed by atoms with Gasteiger partial charge >= 0.3 is 5.97 Å². The lowest BCUT2D eigenvalue weighted by Gasteiger charge is -2.20. The lowest BCUT2D eigenvalue weighted by atomic mass is 10.0. The molecule has 1 amide bonds. The predicted octanol–water partition coefficient (Wildman–Crippen LogP) is 20.9. The summed E-state index contributed by atoms with van der Waals surface area (Å²) in [5.41, 5.74) is 0. The zero-order chi connectivity index (χ0) is 53.6. The Bertz CT molecular complexity index is 1240. The number of aliphatic hydroxyl groups is 2.